The third-order valence-electron chi connectivity index (χ3n) is 3.48. The van der Waals surface area contributed by atoms with E-state index in [1.807, 2.05) is 0 Å². The molecule has 0 fully saturated rings. The zero-order chi connectivity index (χ0) is 17.1. The van der Waals surface area contributed by atoms with Gasteiger partial charge in [0.15, 0.2) is 5.65 Å². The van der Waals surface area contributed by atoms with Crippen LogP contribution in [0.25, 0.3) is 11.0 Å². The van der Waals surface area contributed by atoms with Crippen molar-refractivity contribution in [2.24, 2.45) is 14.1 Å². The molecule has 0 spiro atoms. The second kappa shape index (κ2) is 7.08. The van der Waals surface area contributed by atoms with Gasteiger partial charge in [0.1, 0.15) is 22.0 Å². The molecule has 2 heterocycles. The van der Waals surface area contributed by atoms with Gasteiger partial charge >= 0.3 is 5.69 Å². The number of ketones is 1. The molecular formula is C15H20N4O3S. The summed E-state index contributed by atoms with van der Waals surface area (Å²) < 4.78 is 2.39. The van der Waals surface area contributed by atoms with Gasteiger partial charge in [-0.3, -0.25) is 18.7 Å². The maximum Gasteiger partial charge on any atom is 0.332 e. The van der Waals surface area contributed by atoms with Gasteiger partial charge in [-0.25, -0.2) is 14.8 Å². The van der Waals surface area contributed by atoms with Crippen LogP contribution >= 0.6 is 11.8 Å². The lowest BCUT2D eigenvalue weighted by Crippen LogP contribution is -2.37. The Morgan fingerprint density at radius 1 is 1.17 bits per heavy atom. The first-order valence-electron chi connectivity index (χ1n) is 7.45. The molecule has 0 N–H and O–H groups in total. The molecule has 0 radical (unpaired) electrons. The van der Waals surface area contributed by atoms with Crippen molar-refractivity contribution in [3.8, 4) is 0 Å². The van der Waals surface area contributed by atoms with E-state index in [4.69, 9.17) is 0 Å². The fourth-order valence-corrected chi connectivity index (χ4v) is 3.03. The number of carbonyl (C=O) groups is 1. The fraction of sp³-hybridized carbons (Fsp3) is 0.533. The van der Waals surface area contributed by atoms with Crippen molar-refractivity contribution in [3.63, 3.8) is 0 Å². The standard InChI is InChI=1S/C15H20N4O3S/c1-5-6-7-10-16-12-11(13(17-10)23-8-9(2)20)14(21)19(4)15(22)18(12)3/h5-8H2,1-4H3. The van der Waals surface area contributed by atoms with Crippen LogP contribution in [0.4, 0.5) is 0 Å². The lowest BCUT2D eigenvalue weighted by molar-refractivity contribution is -0.114. The van der Waals surface area contributed by atoms with Gasteiger partial charge in [0.2, 0.25) is 0 Å². The topological polar surface area (TPSA) is 86.9 Å². The zero-order valence-corrected chi connectivity index (χ0v) is 14.6. The van der Waals surface area contributed by atoms with Crippen LogP contribution in [0.15, 0.2) is 14.6 Å². The Hall–Kier alpha value is -1.96. The minimum atomic E-state index is -0.434. The van der Waals surface area contributed by atoms with Crippen molar-refractivity contribution in [1.82, 2.24) is 19.1 Å². The summed E-state index contributed by atoms with van der Waals surface area (Å²) in [5, 5.41) is 0.758. The maximum atomic E-state index is 12.5. The van der Waals surface area contributed by atoms with Gasteiger partial charge in [0.05, 0.1) is 5.75 Å². The molecule has 7 nitrogen and oxygen atoms in total. The Balaban J connectivity index is 2.75. The normalized spacial score (nSPS) is 11.1. The monoisotopic (exact) mass is 336 g/mol. The Morgan fingerprint density at radius 3 is 2.48 bits per heavy atom. The van der Waals surface area contributed by atoms with E-state index in [-0.39, 0.29) is 11.5 Å². The molecule has 0 saturated carbocycles. The smallest absolute Gasteiger partial charge is 0.299 e. The van der Waals surface area contributed by atoms with Crippen molar-refractivity contribution >= 4 is 28.6 Å². The van der Waals surface area contributed by atoms with Crippen molar-refractivity contribution < 1.29 is 4.79 Å². The molecule has 23 heavy (non-hydrogen) atoms. The molecule has 2 rings (SSSR count). The summed E-state index contributed by atoms with van der Waals surface area (Å²) in [7, 11) is 3.01. The van der Waals surface area contributed by atoms with Crippen molar-refractivity contribution in [2.45, 2.75) is 38.1 Å². The number of fused-ring (bicyclic) bond motifs is 1. The number of hydrogen-bond donors (Lipinski definition) is 0. The minimum Gasteiger partial charge on any atom is -0.299 e. The highest BCUT2D eigenvalue weighted by Gasteiger charge is 2.17. The zero-order valence-electron chi connectivity index (χ0n) is 13.8. The van der Waals surface area contributed by atoms with E-state index in [1.165, 1.54) is 30.3 Å². The lowest BCUT2D eigenvalue weighted by Gasteiger charge is -2.11. The number of unbranched alkanes of at least 4 members (excludes halogenated alkanes) is 1. The van der Waals surface area contributed by atoms with Crippen LogP contribution in [0, 0.1) is 0 Å². The van der Waals surface area contributed by atoms with Crippen molar-refractivity contribution in [2.75, 3.05) is 5.75 Å². The number of aromatic nitrogens is 4. The van der Waals surface area contributed by atoms with Crippen LogP contribution in [-0.4, -0.2) is 30.6 Å². The summed E-state index contributed by atoms with van der Waals surface area (Å²) in [5.74, 6) is 0.817. The van der Waals surface area contributed by atoms with Gasteiger partial charge in [-0.15, -0.1) is 0 Å². The Kier molecular flexibility index (Phi) is 5.35. The molecule has 0 atom stereocenters. The summed E-state index contributed by atoms with van der Waals surface area (Å²) in [5.41, 5.74) is -0.536. The quantitative estimate of drug-likeness (QED) is 0.579. The van der Waals surface area contributed by atoms with E-state index in [2.05, 4.69) is 16.9 Å². The molecular weight excluding hydrogens is 316 g/mol. The SMILES string of the molecule is CCCCc1nc(SCC(C)=O)c2c(=O)n(C)c(=O)n(C)c2n1. The fourth-order valence-electron chi connectivity index (χ4n) is 2.19. The molecule has 0 unspecified atom stereocenters. The first kappa shape index (κ1) is 17.4. The molecule has 0 bridgehead atoms. The highest BCUT2D eigenvalue weighted by Crippen LogP contribution is 2.22. The number of nitrogens with zero attached hydrogens (tertiary/aromatic N) is 4. The highest BCUT2D eigenvalue weighted by atomic mass is 32.2. The number of Topliss-reactive ketones (excluding diaryl/α,β-unsaturated/α-hetero) is 1. The molecule has 0 aliphatic rings. The van der Waals surface area contributed by atoms with Crippen LogP contribution in [0.2, 0.25) is 0 Å². The van der Waals surface area contributed by atoms with E-state index < -0.39 is 11.2 Å². The molecule has 0 amide bonds. The third-order valence-corrected chi connectivity index (χ3v) is 4.60. The number of hydrogen-bond acceptors (Lipinski definition) is 6. The summed E-state index contributed by atoms with van der Waals surface area (Å²) in [4.78, 5) is 44.7. The molecule has 2 aromatic heterocycles. The number of thioether (sulfide) groups is 1. The molecule has 0 aliphatic heterocycles. The van der Waals surface area contributed by atoms with Crippen LogP contribution < -0.4 is 11.2 Å². The van der Waals surface area contributed by atoms with Crippen LogP contribution in [-0.2, 0) is 25.3 Å². The highest BCUT2D eigenvalue weighted by molar-refractivity contribution is 8.00. The van der Waals surface area contributed by atoms with E-state index in [0.29, 0.717) is 28.3 Å². The summed E-state index contributed by atoms with van der Waals surface area (Å²) >= 11 is 1.21. The molecule has 0 aromatic carbocycles. The second-order valence-corrected chi connectivity index (χ2v) is 6.41. The van der Waals surface area contributed by atoms with Gasteiger partial charge in [0.25, 0.3) is 5.56 Å². The average molecular weight is 336 g/mol. The van der Waals surface area contributed by atoms with Gasteiger partial charge in [-0.1, -0.05) is 25.1 Å². The van der Waals surface area contributed by atoms with Gasteiger partial charge in [-0.2, -0.15) is 0 Å². The number of carbonyl (C=O) groups excluding carboxylic acids is 1. The molecule has 2 aromatic rings. The minimum absolute atomic E-state index is 0.00138. The van der Waals surface area contributed by atoms with Crippen LogP contribution in [0.5, 0.6) is 0 Å². The summed E-state index contributed by atoms with van der Waals surface area (Å²) in [6, 6.07) is 0. The van der Waals surface area contributed by atoms with E-state index in [1.54, 1.807) is 7.05 Å². The molecule has 0 saturated heterocycles. The largest absolute Gasteiger partial charge is 0.332 e. The Labute approximate surface area is 137 Å². The van der Waals surface area contributed by atoms with Gasteiger partial charge in [0, 0.05) is 20.5 Å². The first-order valence-corrected chi connectivity index (χ1v) is 8.44. The predicted molar refractivity (Wildman–Crippen MR) is 90.0 cm³/mol. The molecule has 8 heteroatoms. The maximum absolute atomic E-state index is 12.5. The summed E-state index contributed by atoms with van der Waals surface area (Å²) in [6.07, 6.45) is 2.58. The van der Waals surface area contributed by atoms with Crippen LogP contribution in [0.3, 0.4) is 0 Å². The van der Waals surface area contributed by atoms with Crippen LogP contribution in [0.1, 0.15) is 32.5 Å². The number of rotatable bonds is 6. The van der Waals surface area contributed by atoms with E-state index in [0.717, 1.165) is 17.4 Å². The second-order valence-electron chi connectivity index (χ2n) is 5.44. The Bertz CT molecular complexity index is 870. The summed E-state index contributed by atoms with van der Waals surface area (Å²) in [6.45, 7) is 3.56. The average Bonchev–Trinajstić information content (AvgIpc) is 2.53. The van der Waals surface area contributed by atoms with E-state index >= 15 is 0 Å². The number of aryl methyl sites for hydroxylation is 2. The molecule has 124 valence electrons. The van der Waals surface area contributed by atoms with Crippen molar-refractivity contribution in [3.05, 3.63) is 26.7 Å². The Morgan fingerprint density at radius 2 is 1.87 bits per heavy atom. The third kappa shape index (κ3) is 3.52. The predicted octanol–water partition coefficient (Wildman–Crippen LogP) is 1.05. The lowest BCUT2D eigenvalue weighted by atomic mass is 10.2. The molecule has 0 aliphatic carbocycles. The first-order chi connectivity index (χ1) is 10.9. The van der Waals surface area contributed by atoms with Crippen molar-refractivity contribution in [1.29, 1.82) is 0 Å². The van der Waals surface area contributed by atoms with Gasteiger partial charge in [-0.05, 0) is 13.3 Å². The van der Waals surface area contributed by atoms with E-state index in [9.17, 15) is 14.4 Å². The van der Waals surface area contributed by atoms with Gasteiger partial charge < -0.3 is 0 Å².